The number of ether oxygens (including phenoxy) is 1. The van der Waals surface area contributed by atoms with Crippen LogP contribution < -0.4 is 0 Å². The zero-order valence-corrected chi connectivity index (χ0v) is 12.2. The lowest BCUT2D eigenvalue weighted by Crippen LogP contribution is -2.37. The van der Waals surface area contributed by atoms with Crippen LogP contribution in [0, 0.1) is 11.3 Å². The summed E-state index contributed by atoms with van der Waals surface area (Å²) in [7, 11) is 0. The van der Waals surface area contributed by atoms with Gasteiger partial charge in [0.1, 0.15) is 0 Å². The summed E-state index contributed by atoms with van der Waals surface area (Å²) in [6.07, 6.45) is 3.34. The van der Waals surface area contributed by atoms with Crippen LogP contribution in [0.2, 0.25) is 0 Å². The number of benzene rings is 1. The van der Waals surface area contributed by atoms with E-state index in [0.717, 1.165) is 26.1 Å². The quantitative estimate of drug-likeness (QED) is 0.790. The summed E-state index contributed by atoms with van der Waals surface area (Å²) in [5, 5.41) is 0. The summed E-state index contributed by atoms with van der Waals surface area (Å²) in [5.41, 5.74) is 1.11. The van der Waals surface area contributed by atoms with Gasteiger partial charge in [0.05, 0.1) is 12.0 Å². The Morgan fingerprint density at radius 1 is 1.40 bits per heavy atom. The molecule has 0 amide bonds. The van der Waals surface area contributed by atoms with Crippen LogP contribution >= 0.6 is 0 Å². The monoisotopic (exact) mass is 273 g/mol. The molecule has 1 heterocycles. The maximum atomic E-state index is 12.4. The number of hydrogen-bond donors (Lipinski definition) is 0. The Balaban J connectivity index is 1.72. The molecule has 1 aliphatic heterocycles. The molecule has 3 heteroatoms. The SMILES string of the molecule is CCOC(=O)[C@]12CCC[C@H]1CN(Cc1ccccc1)C2. The van der Waals surface area contributed by atoms with E-state index in [1.165, 1.54) is 18.4 Å². The zero-order chi connectivity index (χ0) is 14.0. The molecule has 2 atom stereocenters. The third-order valence-corrected chi connectivity index (χ3v) is 4.87. The highest BCUT2D eigenvalue weighted by atomic mass is 16.5. The molecule has 3 nitrogen and oxygen atoms in total. The van der Waals surface area contributed by atoms with Crippen molar-refractivity contribution in [1.29, 1.82) is 0 Å². The number of nitrogens with zero attached hydrogens (tertiary/aromatic N) is 1. The van der Waals surface area contributed by atoms with Crippen molar-refractivity contribution in [2.24, 2.45) is 11.3 Å². The van der Waals surface area contributed by atoms with E-state index in [2.05, 4.69) is 29.2 Å². The average Bonchev–Trinajstić information content (AvgIpc) is 2.97. The Kier molecular flexibility index (Phi) is 3.79. The van der Waals surface area contributed by atoms with E-state index in [-0.39, 0.29) is 11.4 Å². The molecule has 1 aromatic carbocycles. The van der Waals surface area contributed by atoms with Gasteiger partial charge in [-0.25, -0.2) is 0 Å². The van der Waals surface area contributed by atoms with Crippen molar-refractivity contribution in [3.05, 3.63) is 35.9 Å². The van der Waals surface area contributed by atoms with Gasteiger partial charge in [-0.3, -0.25) is 9.69 Å². The molecule has 0 N–H and O–H groups in total. The molecule has 2 aliphatic rings. The maximum absolute atomic E-state index is 12.4. The summed E-state index contributed by atoms with van der Waals surface area (Å²) >= 11 is 0. The number of likely N-dealkylation sites (tertiary alicyclic amines) is 1. The highest BCUT2D eigenvalue weighted by Crippen LogP contribution is 2.49. The molecular formula is C17H23NO2. The van der Waals surface area contributed by atoms with E-state index in [4.69, 9.17) is 4.74 Å². The Morgan fingerprint density at radius 3 is 2.95 bits per heavy atom. The first-order valence-electron chi connectivity index (χ1n) is 7.68. The van der Waals surface area contributed by atoms with E-state index in [9.17, 15) is 4.79 Å². The van der Waals surface area contributed by atoms with Crippen molar-refractivity contribution < 1.29 is 9.53 Å². The lowest BCUT2D eigenvalue weighted by atomic mass is 9.81. The maximum Gasteiger partial charge on any atom is 0.313 e. The first kappa shape index (κ1) is 13.6. The van der Waals surface area contributed by atoms with Gasteiger partial charge in [-0.1, -0.05) is 36.8 Å². The summed E-state index contributed by atoms with van der Waals surface area (Å²) in [6.45, 7) is 5.23. The van der Waals surface area contributed by atoms with Crippen LogP contribution in [0.1, 0.15) is 31.7 Å². The molecule has 1 aromatic rings. The van der Waals surface area contributed by atoms with Gasteiger partial charge in [-0.2, -0.15) is 0 Å². The standard InChI is InChI=1S/C17H23NO2/c1-2-20-16(19)17-10-6-9-15(17)12-18(13-17)11-14-7-4-3-5-8-14/h3-5,7-8,15H,2,6,9-13H2,1H3/t15-,17-/m0/s1. The molecular weight excluding hydrogens is 250 g/mol. The van der Waals surface area contributed by atoms with Gasteiger partial charge < -0.3 is 4.74 Å². The lowest BCUT2D eigenvalue weighted by Gasteiger charge is -2.26. The molecule has 1 aliphatic carbocycles. The smallest absolute Gasteiger partial charge is 0.313 e. The van der Waals surface area contributed by atoms with Crippen LogP contribution in [0.4, 0.5) is 0 Å². The van der Waals surface area contributed by atoms with Gasteiger partial charge >= 0.3 is 5.97 Å². The molecule has 1 saturated heterocycles. The fourth-order valence-corrected chi connectivity index (χ4v) is 3.96. The molecule has 0 unspecified atom stereocenters. The van der Waals surface area contributed by atoms with Crippen molar-refractivity contribution >= 4 is 5.97 Å². The van der Waals surface area contributed by atoms with Gasteiger partial charge in [0.15, 0.2) is 0 Å². The van der Waals surface area contributed by atoms with Crippen LogP contribution in [-0.4, -0.2) is 30.6 Å². The predicted molar refractivity (Wildman–Crippen MR) is 78.1 cm³/mol. The first-order chi connectivity index (χ1) is 9.74. The van der Waals surface area contributed by atoms with E-state index in [1.807, 2.05) is 13.0 Å². The Labute approximate surface area is 120 Å². The van der Waals surface area contributed by atoms with E-state index in [0.29, 0.717) is 12.5 Å². The Hall–Kier alpha value is -1.35. The van der Waals surface area contributed by atoms with Crippen molar-refractivity contribution in [1.82, 2.24) is 4.90 Å². The van der Waals surface area contributed by atoms with Gasteiger partial charge in [0, 0.05) is 19.6 Å². The molecule has 1 saturated carbocycles. The second-order valence-electron chi connectivity index (χ2n) is 6.12. The minimum Gasteiger partial charge on any atom is -0.466 e. The number of hydrogen-bond acceptors (Lipinski definition) is 3. The second-order valence-corrected chi connectivity index (χ2v) is 6.12. The number of carbonyl (C=O) groups is 1. The fraction of sp³-hybridized carbons (Fsp3) is 0.588. The van der Waals surface area contributed by atoms with Crippen LogP contribution in [0.25, 0.3) is 0 Å². The third-order valence-electron chi connectivity index (χ3n) is 4.87. The highest BCUT2D eigenvalue weighted by molar-refractivity contribution is 5.78. The molecule has 3 rings (SSSR count). The summed E-state index contributed by atoms with van der Waals surface area (Å²) < 4.78 is 5.36. The zero-order valence-electron chi connectivity index (χ0n) is 12.2. The third kappa shape index (κ3) is 2.35. The minimum atomic E-state index is -0.217. The molecule has 2 fully saturated rings. The Morgan fingerprint density at radius 2 is 2.20 bits per heavy atom. The highest BCUT2D eigenvalue weighted by Gasteiger charge is 2.55. The molecule has 0 aromatic heterocycles. The molecule has 0 spiro atoms. The van der Waals surface area contributed by atoms with Crippen LogP contribution in [0.5, 0.6) is 0 Å². The largest absolute Gasteiger partial charge is 0.466 e. The fourth-order valence-electron chi connectivity index (χ4n) is 3.96. The molecule has 20 heavy (non-hydrogen) atoms. The van der Waals surface area contributed by atoms with Crippen molar-refractivity contribution in [3.8, 4) is 0 Å². The van der Waals surface area contributed by atoms with Gasteiger partial charge in [-0.05, 0) is 31.2 Å². The number of fused-ring (bicyclic) bond motifs is 1. The van der Waals surface area contributed by atoms with Crippen molar-refractivity contribution in [3.63, 3.8) is 0 Å². The Bertz CT molecular complexity index is 473. The predicted octanol–water partition coefficient (Wildman–Crippen LogP) is 2.85. The topological polar surface area (TPSA) is 29.5 Å². The molecule has 0 radical (unpaired) electrons. The van der Waals surface area contributed by atoms with Crippen molar-refractivity contribution in [2.45, 2.75) is 32.7 Å². The van der Waals surface area contributed by atoms with Crippen LogP contribution in [-0.2, 0) is 16.1 Å². The van der Waals surface area contributed by atoms with Gasteiger partial charge in [0.2, 0.25) is 0 Å². The number of carbonyl (C=O) groups excluding carboxylic acids is 1. The number of rotatable bonds is 4. The van der Waals surface area contributed by atoms with Crippen LogP contribution in [0.15, 0.2) is 30.3 Å². The van der Waals surface area contributed by atoms with Crippen molar-refractivity contribution in [2.75, 3.05) is 19.7 Å². The van der Waals surface area contributed by atoms with Gasteiger partial charge in [0.25, 0.3) is 0 Å². The van der Waals surface area contributed by atoms with E-state index in [1.54, 1.807) is 0 Å². The first-order valence-corrected chi connectivity index (χ1v) is 7.68. The molecule has 0 bridgehead atoms. The van der Waals surface area contributed by atoms with E-state index < -0.39 is 0 Å². The second kappa shape index (κ2) is 5.57. The summed E-state index contributed by atoms with van der Waals surface area (Å²) in [4.78, 5) is 14.8. The molecule has 108 valence electrons. The van der Waals surface area contributed by atoms with Gasteiger partial charge in [-0.15, -0.1) is 0 Å². The minimum absolute atomic E-state index is 0.0399. The summed E-state index contributed by atoms with van der Waals surface area (Å²) in [5.74, 6) is 0.531. The average molecular weight is 273 g/mol. The lowest BCUT2D eigenvalue weighted by molar-refractivity contribution is -0.156. The van der Waals surface area contributed by atoms with E-state index >= 15 is 0 Å². The normalized spacial score (nSPS) is 29.4. The number of esters is 1. The summed E-state index contributed by atoms with van der Waals surface area (Å²) in [6, 6.07) is 10.5. The van der Waals surface area contributed by atoms with Crippen LogP contribution in [0.3, 0.4) is 0 Å².